The van der Waals surface area contributed by atoms with E-state index < -0.39 is 6.30 Å². The van der Waals surface area contributed by atoms with Crippen LogP contribution in [0.1, 0.15) is 38.2 Å². The molecule has 0 bridgehead atoms. The van der Waals surface area contributed by atoms with Gasteiger partial charge in [-0.1, -0.05) is 24.3 Å². The Morgan fingerprint density at radius 2 is 1.43 bits per heavy atom. The van der Waals surface area contributed by atoms with Crippen LogP contribution in [0.3, 0.4) is 0 Å². The topological polar surface area (TPSA) is 7.12 Å². The second-order valence-electron chi connectivity index (χ2n) is 5.25. The molecule has 0 fully saturated rings. The van der Waals surface area contributed by atoms with E-state index in [4.69, 9.17) is 0 Å². The molecule has 1 heterocycles. The van der Waals surface area contributed by atoms with Crippen molar-refractivity contribution in [3.05, 3.63) is 59.9 Å². The van der Waals surface area contributed by atoms with Crippen LogP contribution >= 0.6 is 0 Å². The Kier molecular flexibility index (Phi) is 7.96. The molecule has 0 spiro atoms. The molecule has 2 aromatic rings. The number of aromatic nitrogens is 1. The molecule has 0 amide bonds. The van der Waals surface area contributed by atoms with Crippen LogP contribution in [0.25, 0.3) is 12.2 Å². The van der Waals surface area contributed by atoms with Gasteiger partial charge in [0.25, 0.3) is 6.30 Å². The molecule has 1 aromatic carbocycles. The third-order valence-corrected chi connectivity index (χ3v) is 3.78. The van der Waals surface area contributed by atoms with Crippen LogP contribution in [0.2, 0.25) is 0 Å². The van der Waals surface area contributed by atoms with E-state index in [1.54, 1.807) is 12.4 Å². The lowest BCUT2D eigenvalue weighted by molar-refractivity contribution is -0.743. The molecule has 2 rings (SSSR count). The number of nitrogens with zero attached hydrogens (tertiary/aromatic N) is 2. The molecular weight excluding hydrogens is 355 g/mol. The maximum absolute atomic E-state index is 13.1. The van der Waals surface area contributed by atoms with Crippen LogP contribution < -0.4 is 26.4 Å². The summed E-state index contributed by atoms with van der Waals surface area (Å²) in [4.78, 5) is 2.32. The molecule has 0 saturated heterocycles. The fourth-order valence-electron chi connectivity index (χ4n) is 2.38. The second kappa shape index (κ2) is 9.46. The fourth-order valence-corrected chi connectivity index (χ4v) is 2.38. The van der Waals surface area contributed by atoms with Crippen LogP contribution in [0.4, 0.5) is 10.1 Å². The molecule has 0 aliphatic carbocycles. The summed E-state index contributed by atoms with van der Waals surface area (Å²) in [7, 11) is 0. The highest BCUT2D eigenvalue weighted by molar-refractivity contribution is 5.70. The van der Waals surface area contributed by atoms with Gasteiger partial charge >= 0.3 is 0 Å². The summed E-state index contributed by atoms with van der Waals surface area (Å²) in [5.41, 5.74) is 3.47. The first kappa shape index (κ1) is 19.4. The summed E-state index contributed by atoms with van der Waals surface area (Å²) in [6.45, 7) is 7.88. The highest BCUT2D eigenvalue weighted by atomic mass is 79.9. The fraction of sp³-hybridized carbons (Fsp3) is 0.316. The smallest absolute Gasteiger partial charge is 0.296 e. The van der Waals surface area contributed by atoms with E-state index in [1.165, 1.54) is 17.2 Å². The van der Waals surface area contributed by atoms with Crippen molar-refractivity contribution in [1.29, 1.82) is 0 Å². The zero-order chi connectivity index (χ0) is 15.9. The van der Waals surface area contributed by atoms with Gasteiger partial charge in [0, 0.05) is 37.8 Å². The minimum absolute atomic E-state index is 0. The third kappa shape index (κ3) is 5.47. The van der Waals surface area contributed by atoms with E-state index in [9.17, 15) is 4.39 Å². The summed E-state index contributed by atoms with van der Waals surface area (Å²) in [6.07, 6.45) is 6.64. The predicted molar refractivity (Wildman–Crippen MR) is 91.4 cm³/mol. The van der Waals surface area contributed by atoms with E-state index >= 15 is 0 Å². The molecule has 23 heavy (non-hydrogen) atoms. The number of alkyl halides is 1. The first-order chi connectivity index (χ1) is 10.6. The van der Waals surface area contributed by atoms with Crippen molar-refractivity contribution in [3.63, 3.8) is 0 Å². The predicted octanol–water partition coefficient (Wildman–Crippen LogP) is 1.48. The van der Waals surface area contributed by atoms with Crippen LogP contribution in [0.5, 0.6) is 0 Å². The van der Waals surface area contributed by atoms with Crippen LogP contribution in [-0.4, -0.2) is 13.1 Å². The van der Waals surface area contributed by atoms with Crippen molar-refractivity contribution in [2.45, 2.75) is 27.1 Å². The summed E-state index contributed by atoms with van der Waals surface area (Å²) >= 11 is 0. The van der Waals surface area contributed by atoms with Gasteiger partial charge in [-0.3, -0.25) is 0 Å². The summed E-state index contributed by atoms with van der Waals surface area (Å²) in [5, 5.41) is 0. The van der Waals surface area contributed by atoms with E-state index in [0.29, 0.717) is 0 Å². The largest absolute Gasteiger partial charge is 1.00 e. The Morgan fingerprint density at radius 3 is 1.87 bits per heavy atom. The van der Waals surface area contributed by atoms with Gasteiger partial charge in [-0.25, -0.2) is 0 Å². The SMILES string of the molecule is CCN(CC)c1ccc(/C=C/c2cc[n+](C(C)F)cc2)cc1.[Br-]. The number of hydrogen-bond acceptors (Lipinski definition) is 1. The van der Waals surface area contributed by atoms with Crippen molar-refractivity contribution in [3.8, 4) is 0 Å². The number of halogens is 2. The van der Waals surface area contributed by atoms with Crippen molar-refractivity contribution >= 4 is 17.8 Å². The van der Waals surface area contributed by atoms with Crippen molar-refractivity contribution in [2.75, 3.05) is 18.0 Å². The van der Waals surface area contributed by atoms with Crippen molar-refractivity contribution < 1.29 is 25.9 Å². The van der Waals surface area contributed by atoms with Gasteiger partial charge in [0.15, 0.2) is 12.4 Å². The Balaban J connectivity index is 0.00000264. The van der Waals surface area contributed by atoms with Gasteiger partial charge in [0.2, 0.25) is 0 Å². The molecule has 124 valence electrons. The molecule has 0 saturated carbocycles. The maximum Gasteiger partial charge on any atom is 0.296 e. The molecule has 0 aliphatic heterocycles. The number of anilines is 1. The lowest BCUT2D eigenvalue weighted by Crippen LogP contribution is -3.00. The number of pyridine rings is 1. The first-order valence-corrected chi connectivity index (χ1v) is 7.82. The van der Waals surface area contributed by atoms with Crippen LogP contribution in [0.15, 0.2) is 48.8 Å². The van der Waals surface area contributed by atoms with E-state index in [1.807, 2.05) is 18.2 Å². The molecule has 0 N–H and O–H groups in total. The average Bonchev–Trinajstić information content (AvgIpc) is 2.55. The zero-order valence-corrected chi connectivity index (χ0v) is 15.5. The second-order valence-corrected chi connectivity index (χ2v) is 5.25. The molecule has 4 heteroatoms. The van der Waals surface area contributed by atoms with Gasteiger partial charge in [0.05, 0.1) is 0 Å². The minimum atomic E-state index is -0.995. The first-order valence-electron chi connectivity index (χ1n) is 7.82. The minimum Gasteiger partial charge on any atom is -1.00 e. The van der Waals surface area contributed by atoms with Crippen LogP contribution in [-0.2, 0) is 0 Å². The van der Waals surface area contributed by atoms with Gasteiger partial charge in [-0.15, -0.1) is 0 Å². The standard InChI is InChI=1S/C19H24FN2.BrH/c1-4-21(5-2)19-10-8-17(9-11-19)6-7-18-12-14-22(15-13-18)16(3)20;/h6-16H,4-5H2,1-3H3;1H/q+1;/p-1. The molecular formula is C19H24BrFN2. The Morgan fingerprint density at radius 1 is 0.957 bits per heavy atom. The average molecular weight is 379 g/mol. The molecule has 0 radical (unpaired) electrons. The van der Waals surface area contributed by atoms with Gasteiger partial charge in [-0.05, 0) is 37.1 Å². The van der Waals surface area contributed by atoms with Crippen molar-refractivity contribution in [2.24, 2.45) is 0 Å². The van der Waals surface area contributed by atoms with E-state index in [2.05, 4.69) is 49.1 Å². The molecule has 2 nitrogen and oxygen atoms in total. The Bertz CT molecular complexity index is 602. The third-order valence-electron chi connectivity index (χ3n) is 3.78. The van der Waals surface area contributed by atoms with Crippen LogP contribution in [0, 0.1) is 0 Å². The lowest BCUT2D eigenvalue weighted by atomic mass is 10.1. The number of rotatable bonds is 6. The number of hydrogen-bond donors (Lipinski definition) is 0. The molecule has 1 aromatic heterocycles. The van der Waals surface area contributed by atoms with Crippen molar-refractivity contribution in [1.82, 2.24) is 0 Å². The normalized spacial score (nSPS) is 12.0. The monoisotopic (exact) mass is 378 g/mol. The summed E-state index contributed by atoms with van der Waals surface area (Å²) < 4.78 is 14.7. The Labute approximate surface area is 149 Å². The quantitative estimate of drug-likeness (QED) is 0.690. The van der Waals surface area contributed by atoms with Gasteiger partial charge in [-0.2, -0.15) is 8.96 Å². The number of benzene rings is 1. The highest BCUT2D eigenvalue weighted by Crippen LogP contribution is 2.16. The molecule has 1 atom stereocenters. The van der Waals surface area contributed by atoms with E-state index in [-0.39, 0.29) is 17.0 Å². The Hall–Kier alpha value is -1.68. The zero-order valence-electron chi connectivity index (χ0n) is 13.9. The van der Waals surface area contributed by atoms with Gasteiger partial charge in [0.1, 0.15) is 0 Å². The van der Waals surface area contributed by atoms with Gasteiger partial charge < -0.3 is 21.9 Å². The highest BCUT2D eigenvalue weighted by Gasteiger charge is 2.07. The maximum atomic E-state index is 13.1. The molecule has 0 aliphatic rings. The molecule has 1 unspecified atom stereocenters. The lowest BCUT2D eigenvalue weighted by Gasteiger charge is -2.20. The summed E-state index contributed by atoms with van der Waals surface area (Å²) in [6, 6.07) is 12.4. The van der Waals surface area contributed by atoms with E-state index in [0.717, 1.165) is 24.2 Å². The summed E-state index contributed by atoms with van der Waals surface area (Å²) in [5.74, 6) is 0.